The summed E-state index contributed by atoms with van der Waals surface area (Å²) in [4.78, 5) is 9.34. The predicted octanol–water partition coefficient (Wildman–Crippen LogP) is 1.55. The van der Waals surface area contributed by atoms with E-state index in [4.69, 9.17) is 10.8 Å². The number of rotatable bonds is 2. The van der Waals surface area contributed by atoms with Crippen molar-refractivity contribution in [1.29, 1.82) is 0 Å². The molecule has 0 bridgehead atoms. The van der Waals surface area contributed by atoms with Gasteiger partial charge in [-0.2, -0.15) is 13.2 Å². The summed E-state index contributed by atoms with van der Waals surface area (Å²) in [6.45, 7) is 0.472. The first-order chi connectivity index (χ1) is 7.82. The van der Waals surface area contributed by atoms with Crippen LogP contribution in [0.25, 0.3) is 0 Å². The molecule has 0 fully saturated rings. The maximum absolute atomic E-state index is 12.0. The number of aliphatic hydroxyl groups is 1. The normalized spacial score (nSPS) is 10.4. The van der Waals surface area contributed by atoms with Crippen molar-refractivity contribution in [1.82, 2.24) is 0 Å². The molecule has 96 valence electrons. The summed E-state index contributed by atoms with van der Waals surface area (Å²) < 4.78 is 35.9. The molecule has 0 amide bonds. The lowest BCUT2D eigenvalue weighted by molar-refractivity contribution is -0.384. The van der Waals surface area contributed by atoms with Gasteiger partial charge in [0.2, 0.25) is 0 Å². The van der Waals surface area contributed by atoms with E-state index in [1.54, 1.807) is 0 Å². The largest absolute Gasteiger partial charge is 0.416 e. The number of nitro benzene ring substituents is 1. The number of benzene rings is 1. The molecular weight excluding hydrogens is 241 g/mol. The van der Waals surface area contributed by atoms with Gasteiger partial charge in [0.25, 0.3) is 5.69 Å². The van der Waals surface area contributed by atoms with Gasteiger partial charge in [-0.25, -0.2) is 0 Å². The number of hydrogen-bond acceptors (Lipinski definition) is 4. The molecule has 0 spiro atoms. The Morgan fingerprint density at radius 2 is 1.71 bits per heavy atom. The average Bonchev–Trinajstić information content (AvgIpc) is 2.28. The predicted molar refractivity (Wildman–Crippen MR) is 54.2 cm³/mol. The van der Waals surface area contributed by atoms with Gasteiger partial charge in [-0.15, -0.1) is 0 Å². The summed E-state index contributed by atoms with van der Waals surface area (Å²) in [7, 11) is 0. The molecule has 1 aromatic rings. The number of halogens is 3. The Labute approximate surface area is 94.8 Å². The monoisotopic (exact) mass is 252 g/mol. The van der Waals surface area contributed by atoms with Gasteiger partial charge in [-0.05, 0) is 12.1 Å². The third-order valence-electron chi connectivity index (χ3n) is 1.53. The highest BCUT2D eigenvalue weighted by Crippen LogP contribution is 2.29. The van der Waals surface area contributed by atoms with Crippen LogP contribution in [0.2, 0.25) is 0 Å². The van der Waals surface area contributed by atoms with E-state index in [0.717, 1.165) is 12.1 Å². The van der Waals surface area contributed by atoms with E-state index in [1.807, 2.05) is 0 Å². The topological polar surface area (TPSA) is 89.4 Å². The van der Waals surface area contributed by atoms with Crippen LogP contribution < -0.4 is 5.73 Å². The van der Waals surface area contributed by atoms with Crippen molar-refractivity contribution in [3.63, 3.8) is 0 Å². The zero-order valence-corrected chi connectivity index (χ0v) is 8.65. The quantitative estimate of drug-likeness (QED) is 0.617. The van der Waals surface area contributed by atoms with Crippen LogP contribution in [0.3, 0.4) is 0 Å². The molecule has 17 heavy (non-hydrogen) atoms. The first-order valence-corrected chi connectivity index (χ1v) is 4.45. The minimum absolute atomic E-state index is 0.0972. The number of nitrogens with zero attached hydrogens (tertiary/aromatic N) is 1. The lowest BCUT2D eigenvalue weighted by Crippen LogP contribution is -2.04. The molecule has 1 rings (SSSR count). The SMILES string of the molecule is NCCO.O=[N+]([O-])c1ccc(C(F)(F)F)cc1. The zero-order chi connectivity index (χ0) is 13.5. The lowest BCUT2D eigenvalue weighted by atomic mass is 10.2. The molecule has 8 heteroatoms. The molecule has 3 N–H and O–H groups in total. The van der Waals surface area contributed by atoms with Crippen molar-refractivity contribution in [2.75, 3.05) is 13.2 Å². The molecule has 0 unspecified atom stereocenters. The number of nitro groups is 1. The number of non-ortho nitro benzene ring substituents is 1. The Balaban J connectivity index is 0.000000557. The fourth-order valence-electron chi connectivity index (χ4n) is 0.772. The summed E-state index contributed by atoms with van der Waals surface area (Å²) in [6, 6.07) is 3.00. The van der Waals surface area contributed by atoms with E-state index in [-0.39, 0.29) is 12.3 Å². The smallest absolute Gasteiger partial charge is 0.395 e. The van der Waals surface area contributed by atoms with Crippen molar-refractivity contribution in [3.05, 3.63) is 39.9 Å². The third-order valence-corrected chi connectivity index (χ3v) is 1.53. The highest BCUT2D eigenvalue weighted by Gasteiger charge is 2.30. The van der Waals surface area contributed by atoms with E-state index in [0.29, 0.717) is 18.7 Å². The van der Waals surface area contributed by atoms with Crippen LogP contribution >= 0.6 is 0 Å². The van der Waals surface area contributed by atoms with Crippen LogP contribution in [0.4, 0.5) is 18.9 Å². The Morgan fingerprint density at radius 3 is 1.94 bits per heavy atom. The number of alkyl halides is 3. The number of nitrogens with two attached hydrogens (primary N) is 1. The van der Waals surface area contributed by atoms with Gasteiger partial charge in [0.15, 0.2) is 0 Å². The van der Waals surface area contributed by atoms with Crippen molar-refractivity contribution in [3.8, 4) is 0 Å². The van der Waals surface area contributed by atoms with Crippen molar-refractivity contribution in [2.45, 2.75) is 6.18 Å². The van der Waals surface area contributed by atoms with Gasteiger partial charge in [0.1, 0.15) is 0 Å². The van der Waals surface area contributed by atoms with Gasteiger partial charge in [-0.1, -0.05) is 0 Å². The minimum atomic E-state index is -4.45. The maximum atomic E-state index is 12.0. The molecule has 0 saturated heterocycles. The molecule has 0 aliphatic heterocycles. The van der Waals surface area contributed by atoms with Gasteiger partial charge >= 0.3 is 6.18 Å². The fourth-order valence-corrected chi connectivity index (χ4v) is 0.772. The highest BCUT2D eigenvalue weighted by molar-refractivity contribution is 5.33. The zero-order valence-electron chi connectivity index (χ0n) is 8.65. The Bertz CT molecular complexity index is 349. The van der Waals surface area contributed by atoms with E-state index in [1.165, 1.54) is 0 Å². The molecule has 0 aromatic heterocycles. The van der Waals surface area contributed by atoms with Crippen LogP contribution in [0.15, 0.2) is 24.3 Å². The van der Waals surface area contributed by atoms with Gasteiger partial charge in [0, 0.05) is 18.7 Å². The maximum Gasteiger partial charge on any atom is 0.416 e. The molecule has 0 aliphatic carbocycles. The van der Waals surface area contributed by atoms with Crippen molar-refractivity contribution in [2.24, 2.45) is 5.73 Å². The molecular formula is C9H11F3N2O3. The highest BCUT2D eigenvalue weighted by atomic mass is 19.4. The standard InChI is InChI=1S/C7H4F3NO2.C2H7NO/c8-7(9,10)5-1-3-6(4-2-5)11(12)13;3-1-2-4/h1-4H;4H,1-3H2. The van der Waals surface area contributed by atoms with Crippen LogP contribution in [-0.4, -0.2) is 23.2 Å². The van der Waals surface area contributed by atoms with E-state index >= 15 is 0 Å². The third kappa shape index (κ3) is 5.83. The summed E-state index contributed by atoms with van der Waals surface area (Å²) in [6.07, 6.45) is -4.45. The molecule has 0 saturated carbocycles. The van der Waals surface area contributed by atoms with Gasteiger partial charge in [0.05, 0.1) is 17.1 Å². The Kier molecular flexibility index (Phi) is 6.15. The minimum Gasteiger partial charge on any atom is -0.395 e. The molecule has 1 aromatic carbocycles. The Morgan fingerprint density at radius 1 is 1.29 bits per heavy atom. The van der Waals surface area contributed by atoms with Crippen molar-refractivity contribution >= 4 is 5.69 Å². The first-order valence-electron chi connectivity index (χ1n) is 4.45. The first kappa shape index (κ1) is 15.3. The molecule has 0 radical (unpaired) electrons. The van der Waals surface area contributed by atoms with Crippen molar-refractivity contribution < 1.29 is 23.2 Å². The average molecular weight is 252 g/mol. The summed E-state index contributed by atoms with van der Waals surface area (Å²) in [5, 5.41) is 17.8. The van der Waals surface area contributed by atoms with E-state index in [2.05, 4.69) is 0 Å². The Hall–Kier alpha value is -1.67. The van der Waals surface area contributed by atoms with Crippen LogP contribution in [0, 0.1) is 10.1 Å². The fraction of sp³-hybridized carbons (Fsp3) is 0.333. The molecule has 0 heterocycles. The summed E-state index contributed by atoms with van der Waals surface area (Å²) in [5.41, 5.74) is 3.53. The summed E-state index contributed by atoms with van der Waals surface area (Å²) >= 11 is 0. The molecule has 0 atom stereocenters. The van der Waals surface area contributed by atoms with Gasteiger partial charge in [-0.3, -0.25) is 10.1 Å². The molecule has 5 nitrogen and oxygen atoms in total. The van der Waals surface area contributed by atoms with Gasteiger partial charge < -0.3 is 10.8 Å². The second kappa shape index (κ2) is 6.81. The van der Waals surface area contributed by atoms with E-state index < -0.39 is 16.7 Å². The van der Waals surface area contributed by atoms with Crippen LogP contribution in [0.5, 0.6) is 0 Å². The summed E-state index contributed by atoms with van der Waals surface area (Å²) in [5.74, 6) is 0. The van der Waals surface area contributed by atoms with E-state index in [9.17, 15) is 23.3 Å². The molecule has 0 aliphatic rings. The van der Waals surface area contributed by atoms with Crippen LogP contribution in [-0.2, 0) is 6.18 Å². The second-order valence-corrected chi connectivity index (χ2v) is 2.81. The van der Waals surface area contributed by atoms with Crippen LogP contribution in [0.1, 0.15) is 5.56 Å². The lowest BCUT2D eigenvalue weighted by Gasteiger charge is -2.04. The second-order valence-electron chi connectivity index (χ2n) is 2.81. The number of hydrogen-bond donors (Lipinski definition) is 2. The number of aliphatic hydroxyl groups excluding tert-OH is 1.